The number of fused-ring (bicyclic) bond motifs is 3. The van der Waals surface area contributed by atoms with Gasteiger partial charge in [0.1, 0.15) is 0 Å². The van der Waals surface area contributed by atoms with Crippen LogP contribution in [0, 0.1) is 0 Å². The highest BCUT2D eigenvalue weighted by Crippen LogP contribution is 2.33. The number of halogens is 2. The van der Waals surface area contributed by atoms with Gasteiger partial charge in [-0.2, -0.15) is 0 Å². The Balaban J connectivity index is 0.00000124. The predicted molar refractivity (Wildman–Crippen MR) is 132 cm³/mol. The predicted octanol–water partition coefficient (Wildman–Crippen LogP) is 5.35. The Morgan fingerprint density at radius 3 is 2.50 bits per heavy atom. The highest BCUT2D eigenvalue weighted by atomic mass is 35.5. The molecule has 0 spiro atoms. The van der Waals surface area contributed by atoms with E-state index < -0.39 is 0 Å². The molecule has 0 aliphatic carbocycles. The van der Waals surface area contributed by atoms with Gasteiger partial charge in [-0.25, -0.2) is 0 Å². The largest absolute Gasteiger partial charge is 0.390 e. The maximum atomic E-state index is 6.12. The minimum Gasteiger partial charge on any atom is -0.390 e. The molecule has 0 atom stereocenters. The Morgan fingerprint density at radius 1 is 0.967 bits per heavy atom. The van der Waals surface area contributed by atoms with Crippen molar-refractivity contribution in [3.8, 4) is 0 Å². The summed E-state index contributed by atoms with van der Waals surface area (Å²) in [6.45, 7) is 1.34. The summed E-state index contributed by atoms with van der Waals surface area (Å²) in [5, 5.41) is 10.1. The number of anilines is 3. The zero-order valence-corrected chi connectivity index (χ0v) is 18.1. The first kappa shape index (κ1) is 21.8. The first-order valence-corrected chi connectivity index (χ1v) is 10.2. The standard InChI is InChI=1S/C21H19Cl2N5.CH5N/c22-17-6-4-14(11-18(17)23)27-13-5-7-19-16(10-13)15-2-1-3-20(21(15)28-19)26-9-8-25-12-24;1-2/h1-7,10-12,26-28H,8-9H2,(H2,24,25);2H2,1H3. The molecule has 0 fully saturated rings. The van der Waals surface area contributed by atoms with E-state index >= 15 is 0 Å². The van der Waals surface area contributed by atoms with Gasteiger partial charge in [0.05, 0.1) is 34.1 Å². The lowest BCUT2D eigenvalue weighted by atomic mass is 10.1. The Bertz CT molecular complexity index is 1170. The molecule has 3 aromatic carbocycles. The molecular formula is C22H24Cl2N6. The first-order chi connectivity index (χ1) is 14.7. The normalized spacial score (nSPS) is 10.9. The highest BCUT2D eigenvalue weighted by molar-refractivity contribution is 6.42. The number of nitrogens with one attached hydrogen (secondary N) is 3. The van der Waals surface area contributed by atoms with Crippen molar-refractivity contribution in [1.29, 1.82) is 0 Å². The Hall–Kier alpha value is -2.93. The summed E-state index contributed by atoms with van der Waals surface area (Å²) in [6, 6.07) is 17.9. The molecule has 0 aliphatic heterocycles. The smallest absolute Gasteiger partial charge is 0.0798 e. The van der Waals surface area contributed by atoms with Crippen LogP contribution >= 0.6 is 23.2 Å². The van der Waals surface area contributed by atoms with Gasteiger partial charge >= 0.3 is 0 Å². The number of rotatable bonds is 6. The SMILES string of the molecule is CN.NC=NCCNc1cccc2c1[nH]c1ccc(Nc3ccc(Cl)c(Cl)c3)cc12. The van der Waals surface area contributed by atoms with Crippen LogP contribution in [-0.2, 0) is 0 Å². The van der Waals surface area contributed by atoms with Crippen molar-refractivity contribution >= 4 is 68.4 Å². The van der Waals surface area contributed by atoms with E-state index in [-0.39, 0.29) is 0 Å². The van der Waals surface area contributed by atoms with Crippen LogP contribution in [-0.4, -0.2) is 31.5 Å². The molecule has 7 N–H and O–H groups in total. The summed E-state index contributed by atoms with van der Waals surface area (Å²) >= 11 is 12.1. The number of para-hydroxylation sites is 1. The van der Waals surface area contributed by atoms with Crippen molar-refractivity contribution in [2.45, 2.75) is 0 Å². The number of aromatic nitrogens is 1. The molecule has 0 aliphatic rings. The lowest BCUT2D eigenvalue weighted by molar-refractivity contribution is 1.03. The topological polar surface area (TPSA) is 104 Å². The molecule has 4 aromatic rings. The van der Waals surface area contributed by atoms with E-state index in [9.17, 15) is 0 Å². The van der Waals surface area contributed by atoms with Gasteiger partial charge in [0.25, 0.3) is 0 Å². The zero-order valence-electron chi connectivity index (χ0n) is 16.5. The lowest BCUT2D eigenvalue weighted by Crippen LogP contribution is -2.06. The summed E-state index contributed by atoms with van der Waals surface area (Å²) in [4.78, 5) is 7.53. The van der Waals surface area contributed by atoms with E-state index in [4.69, 9.17) is 28.9 Å². The van der Waals surface area contributed by atoms with Crippen molar-refractivity contribution in [2.24, 2.45) is 16.5 Å². The number of hydrogen-bond acceptors (Lipinski definition) is 4. The maximum Gasteiger partial charge on any atom is 0.0798 e. The molecule has 30 heavy (non-hydrogen) atoms. The van der Waals surface area contributed by atoms with Crippen molar-refractivity contribution in [1.82, 2.24) is 4.98 Å². The molecule has 6 nitrogen and oxygen atoms in total. The minimum absolute atomic E-state index is 0.523. The fourth-order valence-electron chi connectivity index (χ4n) is 3.22. The molecule has 1 heterocycles. The van der Waals surface area contributed by atoms with Crippen molar-refractivity contribution in [3.63, 3.8) is 0 Å². The molecule has 0 radical (unpaired) electrons. The molecule has 0 bridgehead atoms. The number of nitrogens with zero attached hydrogens (tertiary/aromatic N) is 1. The monoisotopic (exact) mass is 442 g/mol. The summed E-state index contributed by atoms with van der Waals surface area (Å²) in [7, 11) is 1.50. The van der Waals surface area contributed by atoms with Crippen molar-refractivity contribution in [3.05, 3.63) is 64.6 Å². The summed E-state index contributed by atoms with van der Waals surface area (Å²) in [6.07, 6.45) is 1.33. The molecule has 8 heteroatoms. The lowest BCUT2D eigenvalue weighted by Gasteiger charge is -2.08. The van der Waals surface area contributed by atoms with Gasteiger partial charge in [0, 0.05) is 34.2 Å². The van der Waals surface area contributed by atoms with Crippen LogP contribution in [0.25, 0.3) is 21.8 Å². The quantitative estimate of drug-likeness (QED) is 0.158. The van der Waals surface area contributed by atoms with Crippen LogP contribution in [0.4, 0.5) is 17.1 Å². The average Bonchev–Trinajstić information content (AvgIpc) is 3.14. The van der Waals surface area contributed by atoms with E-state index in [1.165, 1.54) is 13.4 Å². The fraction of sp³-hybridized carbons (Fsp3) is 0.136. The summed E-state index contributed by atoms with van der Waals surface area (Å²) in [5.41, 5.74) is 14.8. The first-order valence-electron chi connectivity index (χ1n) is 9.44. The molecule has 0 unspecified atom stereocenters. The Labute approximate surface area is 185 Å². The second kappa shape index (κ2) is 10.2. The highest BCUT2D eigenvalue weighted by Gasteiger charge is 2.09. The van der Waals surface area contributed by atoms with Gasteiger partial charge in [-0.3, -0.25) is 4.99 Å². The van der Waals surface area contributed by atoms with Crippen LogP contribution in [0.2, 0.25) is 10.0 Å². The third-order valence-corrected chi connectivity index (χ3v) is 5.24. The number of aromatic amines is 1. The van der Waals surface area contributed by atoms with E-state index in [2.05, 4.69) is 50.6 Å². The Kier molecular flexibility index (Phi) is 7.41. The fourth-order valence-corrected chi connectivity index (χ4v) is 3.52. The van der Waals surface area contributed by atoms with E-state index in [1.807, 2.05) is 24.3 Å². The summed E-state index contributed by atoms with van der Waals surface area (Å²) < 4.78 is 0. The van der Waals surface area contributed by atoms with Crippen LogP contribution < -0.4 is 22.1 Å². The second-order valence-corrected chi connectivity index (χ2v) is 7.16. The third-order valence-electron chi connectivity index (χ3n) is 4.50. The van der Waals surface area contributed by atoms with Gasteiger partial charge in [-0.15, -0.1) is 0 Å². The minimum atomic E-state index is 0.523. The Morgan fingerprint density at radius 2 is 1.73 bits per heavy atom. The van der Waals surface area contributed by atoms with Crippen molar-refractivity contribution in [2.75, 3.05) is 30.8 Å². The van der Waals surface area contributed by atoms with Gasteiger partial charge in [-0.05, 0) is 49.5 Å². The van der Waals surface area contributed by atoms with E-state index in [0.29, 0.717) is 23.1 Å². The van der Waals surface area contributed by atoms with E-state index in [1.54, 1.807) is 6.07 Å². The van der Waals surface area contributed by atoms with Crippen LogP contribution in [0.5, 0.6) is 0 Å². The van der Waals surface area contributed by atoms with Gasteiger partial charge in [0.15, 0.2) is 0 Å². The number of hydrogen-bond donors (Lipinski definition) is 5. The molecular weight excluding hydrogens is 419 g/mol. The van der Waals surface area contributed by atoms with Crippen molar-refractivity contribution < 1.29 is 0 Å². The van der Waals surface area contributed by atoms with Crippen LogP contribution in [0.1, 0.15) is 0 Å². The number of nitrogens with two attached hydrogens (primary N) is 2. The zero-order chi connectivity index (χ0) is 21.5. The molecule has 156 valence electrons. The molecule has 4 rings (SSSR count). The van der Waals surface area contributed by atoms with Crippen LogP contribution in [0.3, 0.4) is 0 Å². The number of benzene rings is 3. The maximum absolute atomic E-state index is 6.12. The number of aliphatic imine (C=N–C) groups is 1. The average molecular weight is 443 g/mol. The van der Waals surface area contributed by atoms with E-state index in [0.717, 1.165) is 38.9 Å². The molecule has 0 amide bonds. The molecule has 0 saturated carbocycles. The summed E-state index contributed by atoms with van der Waals surface area (Å²) in [5.74, 6) is 0. The van der Waals surface area contributed by atoms with Gasteiger partial charge in [0.2, 0.25) is 0 Å². The molecule has 0 saturated heterocycles. The number of H-pyrrole nitrogens is 1. The van der Waals surface area contributed by atoms with Crippen LogP contribution in [0.15, 0.2) is 59.6 Å². The third kappa shape index (κ3) is 4.79. The van der Waals surface area contributed by atoms with Gasteiger partial charge in [-0.1, -0.05) is 35.3 Å². The second-order valence-electron chi connectivity index (χ2n) is 6.35. The van der Waals surface area contributed by atoms with Gasteiger partial charge < -0.3 is 27.1 Å². The molecule has 1 aromatic heterocycles.